The van der Waals surface area contributed by atoms with E-state index >= 15 is 0 Å². The van der Waals surface area contributed by atoms with Gasteiger partial charge in [-0.25, -0.2) is 0 Å². The van der Waals surface area contributed by atoms with Gasteiger partial charge in [0.05, 0.1) is 12.1 Å². The molecule has 0 saturated heterocycles. The standard InChI is InChI=1S/C12H18N2O/c1-13-12-9-6-4-5-7-11(9)15-8-10(12)14(2)3/h4-7,10,12-13H,8H2,1-3H3. The first kappa shape index (κ1) is 10.5. The van der Waals surface area contributed by atoms with Crippen molar-refractivity contribution in [2.75, 3.05) is 27.7 Å². The van der Waals surface area contributed by atoms with Crippen molar-refractivity contribution < 1.29 is 4.74 Å². The summed E-state index contributed by atoms with van der Waals surface area (Å²) < 4.78 is 5.75. The van der Waals surface area contributed by atoms with E-state index < -0.39 is 0 Å². The number of benzene rings is 1. The van der Waals surface area contributed by atoms with Crippen LogP contribution in [0.5, 0.6) is 5.75 Å². The molecular weight excluding hydrogens is 188 g/mol. The summed E-state index contributed by atoms with van der Waals surface area (Å²) in [6, 6.07) is 8.99. The van der Waals surface area contributed by atoms with Crippen LogP contribution in [0, 0.1) is 0 Å². The normalized spacial score (nSPS) is 24.8. The van der Waals surface area contributed by atoms with Crippen LogP contribution >= 0.6 is 0 Å². The van der Waals surface area contributed by atoms with Crippen LogP contribution in [-0.2, 0) is 0 Å². The van der Waals surface area contributed by atoms with E-state index in [4.69, 9.17) is 4.74 Å². The van der Waals surface area contributed by atoms with E-state index in [1.165, 1.54) is 5.56 Å². The van der Waals surface area contributed by atoms with Crippen molar-refractivity contribution in [3.05, 3.63) is 29.8 Å². The van der Waals surface area contributed by atoms with Crippen LogP contribution in [0.15, 0.2) is 24.3 Å². The molecule has 0 amide bonds. The zero-order valence-electron chi connectivity index (χ0n) is 9.53. The SMILES string of the molecule is CNC1c2ccccc2OCC1N(C)C. The molecule has 2 unspecified atom stereocenters. The molecule has 0 spiro atoms. The quantitative estimate of drug-likeness (QED) is 0.788. The molecule has 1 heterocycles. The summed E-state index contributed by atoms with van der Waals surface area (Å²) in [6.45, 7) is 0.746. The van der Waals surface area contributed by atoms with E-state index in [-0.39, 0.29) is 0 Å². The van der Waals surface area contributed by atoms with Gasteiger partial charge in [-0.2, -0.15) is 0 Å². The number of nitrogens with zero attached hydrogens (tertiary/aromatic N) is 1. The van der Waals surface area contributed by atoms with Crippen LogP contribution < -0.4 is 10.1 Å². The van der Waals surface area contributed by atoms with Crippen molar-refractivity contribution in [3.63, 3.8) is 0 Å². The van der Waals surface area contributed by atoms with Gasteiger partial charge in [0.25, 0.3) is 0 Å². The molecule has 1 aromatic rings. The molecule has 0 bridgehead atoms. The smallest absolute Gasteiger partial charge is 0.124 e. The number of ether oxygens (including phenoxy) is 1. The molecule has 1 aliphatic heterocycles. The lowest BCUT2D eigenvalue weighted by Gasteiger charge is -2.37. The van der Waals surface area contributed by atoms with Crippen LogP contribution in [0.4, 0.5) is 0 Å². The summed E-state index contributed by atoms with van der Waals surface area (Å²) in [6.07, 6.45) is 0. The van der Waals surface area contributed by atoms with Crippen LogP contribution in [0.2, 0.25) is 0 Å². The molecule has 0 radical (unpaired) electrons. The van der Waals surface area contributed by atoms with Gasteiger partial charge in [0.2, 0.25) is 0 Å². The lowest BCUT2D eigenvalue weighted by atomic mass is 9.96. The molecule has 2 atom stereocenters. The summed E-state index contributed by atoms with van der Waals surface area (Å²) in [4.78, 5) is 2.21. The molecule has 1 aliphatic rings. The van der Waals surface area contributed by atoms with E-state index in [1.807, 2.05) is 19.2 Å². The highest BCUT2D eigenvalue weighted by atomic mass is 16.5. The zero-order valence-corrected chi connectivity index (χ0v) is 9.53. The minimum Gasteiger partial charge on any atom is -0.492 e. The average Bonchev–Trinajstić information content (AvgIpc) is 2.27. The zero-order chi connectivity index (χ0) is 10.8. The Morgan fingerprint density at radius 1 is 1.33 bits per heavy atom. The van der Waals surface area contributed by atoms with Gasteiger partial charge in [0, 0.05) is 5.56 Å². The Balaban J connectivity index is 2.34. The summed E-state index contributed by atoms with van der Waals surface area (Å²) in [7, 11) is 6.18. The van der Waals surface area contributed by atoms with Crippen LogP contribution in [0.3, 0.4) is 0 Å². The average molecular weight is 206 g/mol. The molecular formula is C12H18N2O. The second-order valence-electron chi connectivity index (χ2n) is 4.15. The van der Waals surface area contributed by atoms with Gasteiger partial charge in [0.1, 0.15) is 12.4 Å². The Kier molecular flexibility index (Phi) is 2.93. The molecule has 3 nitrogen and oxygen atoms in total. The molecule has 82 valence electrons. The third kappa shape index (κ3) is 1.85. The van der Waals surface area contributed by atoms with Gasteiger partial charge in [-0.3, -0.25) is 0 Å². The first-order valence-corrected chi connectivity index (χ1v) is 5.29. The summed E-state index contributed by atoms with van der Waals surface area (Å²) >= 11 is 0. The Bertz CT molecular complexity index is 338. The van der Waals surface area contributed by atoms with E-state index in [9.17, 15) is 0 Å². The molecule has 0 aliphatic carbocycles. The van der Waals surface area contributed by atoms with Crippen molar-refractivity contribution in [3.8, 4) is 5.75 Å². The molecule has 1 aromatic carbocycles. The van der Waals surface area contributed by atoms with Crippen molar-refractivity contribution in [1.29, 1.82) is 0 Å². The van der Waals surface area contributed by atoms with Gasteiger partial charge >= 0.3 is 0 Å². The van der Waals surface area contributed by atoms with Gasteiger partial charge in [-0.05, 0) is 27.2 Å². The molecule has 0 aromatic heterocycles. The molecule has 0 saturated carbocycles. The summed E-state index contributed by atoms with van der Waals surface area (Å²) in [5.74, 6) is 1.01. The fourth-order valence-electron chi connectivity index (χ4n) is 2.14. The number of fused-ring (bicyclic) bond motifs is 1. The number of likely N-dealkylation sites (N-methyl/N-ethyl adjacent to an activating group) is 2. The largest absolute Gasteiger partial charge is 0.492 e. The number of hydrogen-bond acceptors (Lipinski definition) is 3. The topological polar surface area (TPSA) is 24.5 Å². The molecule has 3 heteroatoms. The maximum atomic E-state index is 5.75. The van der Waals surface area contributed by atoms with E-state index in [2.05, 4.69) is 36.4 Å². The molecule has 2 rings (SSSR count). The van der Waals surface area contributed by atoms with Gasteiger partial charge in [-0.15, -0.1) is 0 Å². The van der Waals surface area contributed by atoms with Gasteiger partial charge < -0.3 is 15.0 Å². The lowest BCUT2D eigenvalue weighted by Crippen LogP contribution is -2.46. The number of rotatable bonds is 2. The Hall–Kier alpha value is -1.06. The van der Waals surface area contributed by atoms with Gasteiger partial charge in [0.15, 0.2) is 0 Å². The molecule has 15 heavy (non-hydrogen) atoms. The van der Waals surface area contributed by atoms with Crippen molar-refractivity contribution in [1.82, 2.24) is 10.2 Å². The highest BCUT2D eigenvalue weighted by Crippen LogP contribution is 2.32. The maximum absolute atomic E-state index is 5.75. The maximum Gasteiger partial charge on any atom is 0.124 e. The Labute approximate surface area is 91.0 Å². The highest BCUT2D eigenvalue weighted by Gasteiger charge is 2.30. The highest BCUT2D eigenvalue weighted by molar-refractivity contribution is 5.38. The molecule has 0 fully saturated rings. The number of para-hydroxylation sites is 1. The Morgan fingerprint density at radius 2 is 2.07 bits per heavy atom. The third-order valence-electron chi connectivity index (χ3n) is 3.02. The summed E-state index contributed by atoms with van der Waals surface area (Å²) in [5.41, 5.74) is 1.25. The van der Waals surface area contributed by atoms with Crippen LogP contribution in [0.1, 0.15) is 11.6 Å². The lowest BCUT2D eigenvalue weighted by molar-refractivity contribution is 0.128. The van der Waals surface area contributed by atoms with Crippen LogP contribution in [-0.4, -0.2) is 38.7 Å². The van der Waals surface area contributed by atoms with Crippen molar-refractivity contribution >= 4 is 0 Å². The first-order valence-electron chi connectivity index (χ1n) is 5.29. The first-order chi connectivity index (χ1) is 7.24. The minimum absolute atomic E-state index is 0.352. The van der Waals surface area contributed by atoms with Gasteiger partial charge in [-0.1, -0.05) is 18.2 Å². The number of nitrogens with one attached hydrogen (secondary N) is 1. The monoisotopic (exact) mass is 206 g/mol. The fraction of sp³-hybridized carbons (Fsp3) is 0.500. The predicted octanol–water partition coefficient (Wildman–Crippen LogP) is 1.27. The van der Waals surface area contributed by atoms with E-state index in [0.29, 0.717) is 12.1 Å². The minimum atomic E-state index is 0.352. The van der Waals surface area contributed by atoms with Crippen molar-refractivity contribution in [2.45, 2.75) is 12.1 Å². The molecule has 1 N–H and O–H groups in total. The fourth-order valence-corrected chi connectivity index (χ4v) is 2.14. The summed E-state index contributed by atoms with van der Waals surface area (Å²) in [5, 5.41) is 3.37. The Morgan fingerprint density at radius 3 is 2.73 bits per heavy atom. The number of hydrogen-bond donors (Lipinski definition) is 1. The van der Waals surface area contributed by atoms with E-state index in [1.54, 1.807) is 0 Å². The second kappa shape index (κ2) is 4.21. The van der Waals surface area contributed by atoms with Crippen LogP contribution in [0.25, 0.3) is 0 Å². The van der Waals surface area contributed by atoms with E-state index in [0.717, 1.165) is 12.4 Å². The van der Waals surface area contributed by atoms with Crippen molar-refractivity contribution in [2.24, 2.45) is 0 Å². The second-order valence-corrected chi connectivity index (χ2v) is 4.15. The third-order valence-corrected chi connectivity index (χ3v) is 3.02. The predicted molar refractivity (Wildman–Crippen MR) is 61.2 cm³/mol.